The van der Waals surface area contributed by atoms with Gasteiger partial charge in [-0.15, -0.1) is 0 Å². The Morgan fingerprint density at radius 3 is 2.35 bits per heavy atom. The SMILES string of the molecule is O=c1oc2ccc(Cl)cc2cc1Cc1ccc(Cl)cc1. The first-order valence-corrected chi connectivity index (χ1v) is 6.84. The Balaban J connectivity index is 2.04. The van der Waals surface area contributed by atoms with Crippen molar-refractivity contribution < 1.29 is 4.42 Å². The molecule has 0 aliphatic rings. The van der Waals surface area contributed by atoms with Crippen LogP contribution in [0.4, 0.5) is 0 Å². The van der Waals surface area contributed by atoms with Crippen molar-refractivity contribution in [2.24, 2.45) is 0 Å². The number of rotatable bonds is 2. The van der Waals surface area contributed by atoms with E-state index >= 15 is 0 Å². The van der Waals surface area contributed by atoms with Crippen LogP contribution in [-0.4, -0.2) is 0 Å². The van der Waals surface area contributed by atoms with Gasteiger partial charge in [0.05, 0.1) is 0 Å². The summed E-state index contributed by atoms with van der Waals surface area (Å²) in [7, 11) is 0. The Kier molecular flexibility index (Phi) is 3.51. The summed E-state index contributed by atoms with van der Waals surface area (Å²) in [5.41, 5.74) is 1.82. The number of hydrogen-bond acceptors (Lipinski definition) is 2. The van der Waals surface area contributed by atoms with Gasteiger partial charge in [0.2, 0.25) is 0 Å². The third-order valence-electron chi connectivity index (χ3n) is 3.07. The molecule has 0 unspecified atom stereocenters. The smallest absolute Gasteiger partial charge is 0.339 e. The summed E-state index contributed by atoms with van der Waals surface area (Å²) in [6, 6.07) is 14.4. The first-order chi connectivity index (χ1) is 9.61. The van der Waals surface area contributed by atoms with Gasteiger partial charge in [0.15, 0.2) is 0 Å². The molecule has 0 bridgehead atoms. The lowest BCUT2D eigenvalue weighted by Gasteiger charge is -2.03. The van der Waals surface area contributed by atoms with Crippen molar-refractivity contribution in [3.05, 3.63) is 80.1 Å². The lowest BCUT2D eigenvalue weighted by Crippen LogP contribution is -2.07. The molecule has 3 rings (SSSR count). The first kappa shape index (κ1) is 13.2. The average Bonchev–Trinajstić information content (AvgIpc) is 2.42. The molecule has 3 aromatic rings. The van der Waals surface area contributed by atoms with Gasteiger partial charge in [0, 0.05) is 27.4 Å². The Hall–Kier alpha value is -1.77. The van der Waals surface area contributed by atoms with E-state index < -0.39 is 0 Å². The van der Waals surface area contributed by atoms with E-state index in [0.717, 1.165) is 10.9 Å². The van der Waals surface area contributed by atoms with Crippen molar-refractivity contribution in [3.63, 3.8) is 0 Å². The number of hydrogen-bond donors (Lipinski definition) is 0. The minimum Gasteiger partial charge on any atom is -0.423 e. The van der Waals surface area contributed by atoms with Gasteiger partial charge in [-0.25, -0.2) is 4.79 Å². The molecule has 0 N–H and O–H groups in total. The highest BCUT2D eigenvalue weighted by Crippen LogP contribution is 2.20. The fourth-order valence-electron chi connectivity index (χ4n) is 2.08. The summed E-state index contributed by atoms with van der Waals surface area (Å²) in [5, 5.41) is 2.11. The molecule has 4 heteroatoms. The van der Waals surface area contributed by atoms with E-state index in [1.54, 1.807) is 30.3 Å². The summed E-state index contributed by atoms with van der Waals surface area (Å²) < 4.78 is 5.30. The van der Waals surface area contributed by atoms with E-state index in [2.05, 4.69) is 0 Å². The second-order valence-electron chi connectivity index (χ2n) is 4.54. The summed E-state index contributed by atoms with van der Waals surface area (Å²) in [6.07, 6.45) is 0.502. The molecule has 1 heterocycles. The van der Waals surface area contributed by atoms with E-state index in [1.807, 2.05) is 18.2 Å². The molecule has 0 radical (unpaired) electrons. The Labute approximate surface area is 125 Å². The minimum atomic E-state index is -0.324. The zero-order valence-electron chi connectivity index (χ0n) is 10.4. The standard InChI is InChI=1S/C16H10Cl2O2/c17-13-3-1-10(2-4-13)7-12-8-11-9-14(18)5-6-15(11)20-16(12)19/h1-6,8-9H,7H2. The third-order valence-corrected chi connectivity index (χ3v) is 3.56. The molecule has 100 valence electrons. The van der Waals surface area contributed by atoms with Crippen LogP contribution in [0.15, 0.2) is 57.7 Å². The summed E-state index contributed by atoms with van der Waals surface area (Å²) >= 11 is 11.8. The molecular formula is C16H10Cl2O2. The normalized spacial score (nSPS) is 10.9. The van der Waals surface area contributed by atoms with Crippen LogP contribution in [0.1, 0.15) is 11.1 Å². The van der Waals surface area contributed by atoms with E-state index in [0.29, 0.717) is 27.6 Å². The predicted molar refractivity (Wildman–Crippen MR) is 81.8 cm³/mol. The van der Waals surface area contributed by atoms with Crippen LogP contribution in [0.5, 0.6) is 0 Å². The molecule has 0 amide bonds. The molecule has 1 aromatic heterocycles. The molecule has 2 aromatic carbocycles. The summed E-state index contributed by atoms with van der Waals surface area (Å²) in [6.45, 7) is 0. The van der Waals surface area contributed by atoms with Crippen LogP contribution in [0.3, 0.4) is 0 Å². The van der Waals surface area contributed by atoms with Gasteiger partial charge in [-0.3, -0.25) is 0 Å². The Morgan fingerprint density at radius 2 is 1.60 bits per heavy atom. The molecule has 0 aliphatic heterocycles. The van der Waals surface area contributed by atoms with Gasteiger partial charge in [0.1, 0.15) is 5.58 Å². The van der Waals surface area contributed by atoms with Crippen LogP contribution in [0.25, 0.3) is 11.0 Å². The minimum absolute atomic E-state index is 0.324. The zero-order chi connectivity index (χ0) is 14.1. The average molecular weight is 305 g/mol. The molecule has 20 heavy (non-hydrogen) atoms. The Bertz CT molecular complexity index is 820. The lowest BCUT2D eigenvalue weighted by atomic mass is 10.1. The highest BCUT2D eigenvalue weighted by atomic mass is 35.5. The molecule has 0 atom stereocenters. The number of benzene rings is 2. The molecule has 0 aliphatic carbocycles. The van der Waals surface area contributed by atoms with Crippen molar-refractivity contribution in [2.75, 3.05) is 0 Å². The van der Waals surface area contributed by atoms with Crippen molar-refractivity contribution in [3.8, 4) is 0 Å². The molecule has 0 spiro atoms. The van der Waals surface area contributed by atoms with Gasteiger partial charge < -0.3 is 4.42 Å². The van der Waals surface area contributed by atoms with Crippen LogP contribution in [0, 0.1) is 0 Å². The largest absolute Gasteiger partial charge is 0.423 e. The second-order valence-corrected chi connectivity index (χ2v) is 5.42. The van der Waals surface area contributed by atoms with E-state index in [1.165, 1.54) is 0 Å². The molecule has 0 saturated heterocycles. The lowest BCUT2D eigenvalue weighted by molar-refractivity contribution is 0.552. The monoisotopic (exact) mass is 304 g/mol. The van der Waals surface area contributed by atoms with Crippen LogP contribution < -0.4 is 5.63 Å². The summed E-state index contributed by atoms with van der Waals surface area (Å²) in [4.78, 5) is 12.0. The van der Waals surface area contributed by atoms with Crippen molar-refractivity contribution in [1.29, 1.82) is 0 Å². The number of fused-ring (bicyclic) bond motifs is 1. The topological polar surface area (TPSA) is 30.2 Å². The number of halogens is 2. The Morgan fingerprint density at radius 1 is 0.900 bits per heavy atom. The van der Waals surface area contributed by atoms with E-state index in [9.17, 15) is 4.79 Å². The molecule has 0 fully saturated rings. The first-order valence-electron chi connectivity index (χ1n) is 6.08. The van der Waals surface area contributed by atoms with Gasteiger partial charge in [-0.2, -0.15) is 0 Å². The third kappa shape index (κ3) is 2.72. The highest BCUT2D eigenvalue weighted by molar-refractivity contribution is 6.31. The fraction of sp³-hybridized carbons (Fsp3) is 0.0625. The highest BCUT2D eigenvalue weighted by Gasteiger charge is 2.07. The maximum absolute atomic E-state index is 12.0. The molecular weight excluding hydrogens is 295 g/mol. The van der Waals surface area contributed by atoms with Gasteiger partial charge in [-0.05, 0) is 42.0 Å². The van der Waals surface area contributed by atoms with Crippen molar-refractivity contribution in [1.82, 2.24) is 0 Å². The molecule has 2 nitrogen and oxygen atoms in total. The van der Waals surface area contributed by atoms with E-state index in [4.69, 9.17) is 27.6 Å². The van der Waals surface area contributed by atoms with Crippen molar-refractivity contribution in [2.45, 2.75) is 6.42 Å². The maximum atomic E-state index is 12.0. The van der Waals surface area contributed by atoms with Crippen molar-refractivity contribution >= 4 is 34.2 Å². The van der Waals surface area contributed by atoms with Gasteiger partial charge in [-0.1, -0.05) is 35.3 Å². The van der Waals surface area contributed by atoms with Gasteiger partial charge in [0.25, 0.3) is 0 Å². The maximum Gasteiger partial charge on any atom is 0.339 e. The van der Waals surface area contributed by atoms with E-state index in [-0.39, 0.29) is 5.63 Å². The zero-order valence-corrected chi connectivity index (χ0v) is 11.9. The molecule has 0 saturated carbocycles. The second kappa shape index (κ2) is 5.31. The van der Waals surface area contributed by atoms with Crippen LogP contribution in [0.2, 0.25) is 10.0 Å². The van der Waals surface area contributed by atoms with Crippen LogP contribution >= 0.6 is 23.2 Å². The fourth-order valence-corrected chi connectivity index (χ4v) is 2.39. The van der Waals surface area contributed by atoms with Gasteiger partial charge >= 0.3 is 5.63 Å². The van der Waals surface area contributed by atoms with Crippen LogP contribution in [-0.2, 0) is 6.42 Å². The predicted octanol–water partition coefficient (Wildman–Crippen LogP) is 4.69. The summed E-state index contributed by atoms with van der Waals surface area (Å²) in [5.74, 6) is 0. The quantitative estimate of drug-likeness (QED) is 0.643.